The molecular weight excluding hydrogens is 310 g/mol. The summed E-state index contributed by atoms with van der Waals surface area (Å²) < 4.78 is 23.2. The minimum atomic E-state index is -2.83. The van der Waals surface area contributed by atoms with E-state index in [0.29, 0.717) is 12.3 Å². The number of hydrogen-bond acceptors (Lipinski definition) is 3. The Labute approximate surface area is 138 Å². The van der Waals surface area contributed by atoms with Crippen LogP contribution in [0, 0.1) is 5.92 Å². The molecule has 126 valence electrons. The average molecular weight is 335 g/mol. The second-order valence-electron chi connectivity index (χ2n) is 6.39. The fourth-order valence-corrected chi connectivity index (χ4v) is 5.11. The number of fused-ring (bicyclic) bond motifs is 1. The lowest BCUT2D eigenvalue weighted by Gasteiger charge is -2.23. The summed E-state index contributed by atoms with van der Waals surface area (Å²) in [4.78, 5) is 6.99. The van der Waals surface area contributed by atoms with Crippen LogP contribution in [-0.2, 0) is 16.3 Å². The molecule has 0 amide bonds. The van der Waals surface area contributed by atoms with Gasteiger partial charge >= 0.3 is 0 Å². The van der Waals surface area contributed by atoms with Gasteiger partial charge in [-0.1, -0.05) is 25.1 Å². The molecule has 1 aromatic rings. The zero-order valence-corrected chi connectivity index (χ0v) is 14.5. The van der Waals surface area contributed by atoms with Gasteiger partial charge < -0.3 is 10.2 Å². The van der Waals surface area contributed by atoms with Gasteiger partial charge in [0.05, 0.1) is 11.5 Å². The van der Waals surface area contributed by atoms with Crippen molar-refractivity contribution >= 4 is 21.5 Å². The Morgan fingerprint density at radius 3 is 2.96 bits per heavy atom. The van der Waals surface area contributed by atoms with E-state index in [9.17, 15) is 8.42 Å². The van der Waals surface area contributed by atoms with Gasteiger partial charge in [0.1, 0.15) is 0 Å². The molecule has 1 fully saturated rings. The van der Waals surface area contributed by atoms with Crippen LogP contribution in [0.15, 0.2) is 29.3 Å². The zero-order valence-electron chi connectivity index (χ0n) is 13.7. The quantitative estimate of drug-likeness (QED) is 0.674. The van der Waals surface area contributed by atoms with Crippen molar-refractivity contribution in [2.45, 2.75) is 26.2 Å². The molecule has 1 atom stereocenters. The molecule has 0 aliphatic carbocycles. The molecule has 0 radical (unpaired) electrons. The predicted molar refractivity (Wildman–Crippen MR) is 94.8 cm³/mol. The van der Waals surface area contributed by atoms with Gasteiger partial charge in [0.15, 0.2) is 15.8 Å². The molecule has 2 aliphatic rings. The largest absolute Gasteiger partial charge is 0.356 e. The van der Waals surface area contributed by atoms with Gasteiger partial charge in [0.2, 0.25) is 0 Å². The summed E-state index contributed by atoms with van der Waals surface area (Å²) in [6, 6.07) is 8.42. The molecule has 1 unspecified atom stereocenters. The number of aliphatic imine (C=N–C) groups is 1. The molecule has 0 spiro atoms. The lowest BCUT2D eigenvalue weighted by molar-refractivity contribution is 0.590. The van der Waals surface area contributed by atoms with Crippen molar-refractivity contribution in [1.29, 1.82) is 0 Å². The number of rotatable bonds is 4. The first-order valence-corrected chi connectivity index (χ1v) is 10.3. The van der Waals surface area contributed by atoms with Gasteiger partial charge in [0, 0.05) is 25.3 Å². The van der Waals surface area contributed by atoms with Crippen molar-refractivity contribution in [3.8, 4) is 0 Å². The van der Waals surface area contributed by atoms with Crippen LogP contribution in [0.1, 0.15) is 25.3 Å². The molecule has 0 saturated carbocycles. The topological polar surface area (TPSA) is 61.8 Å². The Bertz CT molecular complexity index is 685. The first kappa shape index (κ1) is 16.3. The third kappa shape index (κ3) is 3.86. The Kier molecular flexibility index (Phi) is 4.90. The van der Waals surface area contributed by atoms with Crippen molar-refractivity contribution in [3.05, 3.63) is 29.8 Å². The van der Waals surface area contributed by atoms with Crippen LogP contribution in [0.2, 0.25) is 0 Å². The van der Waals surface area contributed by atoms with Crippen molar-refractivity contribution in [2.24, 2.45) is 10.9 Å². The van der Waals surface area contributed by atoms with E-state index in [1.807, 2.05) is 0 Å². The maximum atomic E-state index is 11.6. The van der Waals surface area contributed by atoms with Crippen molar-refractivity contribution in [1.82, 2.24) is 5.32 Å². The monoisotopic (exact) mass is 335 g/mol. The van der Waals surface area contributed by atoms with Crippen molar-refractivity contribution in [3.63, 3.8) is 0 Å². The van der Waals surface area contributed by atoms with Crippen LogP contribution >= 0.6 is 0 Å². The average Bonchev–Trinajstić information content (AvgIpc) is 3.11. The molecule has 5 nitrogen and oxygen atoms in total. The Balaban J connectivity index is 1.74. The summed E-state index contributed by atoms with van der Waals surface area (Å²) in [5.41, 5.74) is 2.57. The zero-order chi connectivity index (χ0) is 16.3. The second-order valence-corrected chi connectivity index (χ2v) is 8.62. The molecular formula is C17H25N3O2S. The maximum absolute atomic E-state index is 11.6. The van der Waals surface area contributed by atoms with Crippen LogP contribution in [-0.4, -0.2) is 45.5 Å². The number of anilines is 1. The SMILES string of the molecule is CCCNC(=NCC1CCS(=O)(=O)C1)N1CCc2ccccc21. The number of nitrogens with zero attached hydrogens (tertiary/aromatic N) is 2. The Morgan fingerprint density at radius 2 is 2.22 bits per heavy atom. The third-order valence-electron chi connectivity index (χ3n) is 4.50. The maximum Gasteiger partial charge on any atom is 0.198 e. The fourth-order valence-electron chi connectivity index (χ4n) is 3.26. The van der Waals surface area contributed by atoms with Gasteiger partial charge in [-0.25, -0.2) is 8.42 Å². The van der Waals surface area contributed by atoms with Gasteiger partial charge in [0.25, 0.3) is 0 Å². The summed E-state index contributed by atoms with van der Waals surface area (Å²) in [7, 11) is -2.83. The summed E-state index contributed by atoms with van der Waals surface area (Å²) in [6.45, 7) is 4.52. The molecule has 2 heterocycles. The van der Waals surface area contributed by atoms with Crippen molar-refractivity contribution < 1.29 is 8.42 Å². The molecule has 3 rings (SSSR count). The predicted octanol–water partition coefficient (Wildman–Crippen LogP) is 1.84. The number of sulfone groups is 1. The van der Waals surface area contributed by atoms with Crippen molar-refractivity contribution in [2.75, 3.05) is 36.0 Å². The van der Waals surface area contributed by atoms with Gasteiger partial charge in [-0.3, -0.25) is 4.99 Å². The summed E-state index contributed by atoms with van der Waals surface area (Å²) in [5.74, 6) is 1.66. The van der Waals surface area contributed by atoms with E-state index >= 15 is 0 Å². The van der Waals surface area contributed by atoms with E-state index < -0.39 is 9.84 Å². The fraction of sp³-hybridized carbons (Fsp3) is 0.588. The number of guanidine groups is 1. The molecule has 1 N–H and O–H groups in total. The summed E-state index contributed by atoms with van der Waals surface area (Å²) >= 11 is 0. The van der Waals surface area contributed by atoms with E-state index in [0.717, 1.165) is 38.3 Å². The van der Waals surface area contributed by atoms with E-state index in [1.54, 1.807) is 0 Å². The first-order valence-electron chi connectivity index (χ1n) is 8.43. The Hall–Kier alpha value is -1.56. The van der Waals surface area contributed by atoms with Crippen LogP contribution < -0.4 is 10.2 Å². The lowest BCUT2D eigenvalue weighted by Crippen LogP contribution is -2.41. The van der Waals surface area contributed by atoms with Crippen LogP contribution in [0.3, 0.4) is 0 Å². The molecule has 2 aliphatic heterocycles. The van der Waals surface area contributed by atoms with Gasteiger partial charge in [-0.05, 0) is 36.8 Å². The van der Waals surface area contributed by atoms with E-state index in [-0.39, 0.29) is 11.7 Å². The van der Waals surface area contributed by atoms with E-state index in [4.69, 9.17) is 4.99 Å². The van der Waals surface area contributed by atoms with E-state index in [2.05, 4.69) is 41.4 Å². The summed E-state index contributed by atoms with van der Waals surface area (Å²) in [5, 5.41) is 3.42. The lowest BCUT2D eigenvalue weighted by atomic mass is 10.1. The highest BCUT2D eigenvalue weighted by molar-refractivity contribution is 7.91. The molecule has 1 saturated heterocycles. The molecule has 6 heteroatoms. The third-order valence-corrected chi connectivity index (χ3v) is 6.34. The highest BCUT2D eigenvalue weighted by Crippen LogP contribution is 2.27. The van der Waals surface area contributed by atoms with Crippen LogP contribution in [0.4, 0.5) is 5.69 Å². The number of benzene rings is 1. The number of nitrogens with one attached hydrogen (secondary N) is 1. The van der Waals surface area contributed by atoms with Gasteiger partial charge in [-0.2, -0.15) is 0 Å². The minimum Gasteiger partial charge on any atom is -0.356 e. The molecule has 0 aromatic heterocycles. The highest BCUT2D eigenvalue weighted by atomic mass is 32.2. The first-order chi connectivity index (χ1) is 11.1. The van der Waals surface area contributed by atoms with E-state index in [1.165, 1.54) is 11.3 Å². The highest BCUT2D eigenvalue weighted by Gasteiger charge is 2.28. The summed E-state index contributed by atoms with van der Waals surface area (Å²) in [6.07, 6.45) is 2.80. The smallest absolute Gasteiger partial charge is 0.198 e. The number of hydrogen-bond donors (Lipinski definition) is 1. The normalized spacial score (nSPS) is 23.1. The van der Waals surface area contributed by atoms with Crippen LogP contribution in [0.5, 0.6) is 0 Å². The number of para-hydroxylation sites is 1. The molecule has 0 bridgehead atoms. The second kappa shape index (κ2) is 6.91. The van der Waals surface area contributed by atoms with Gasteiger partial charge in [-0.15, -0.1) is 0 Å². The molecule has 23 heavy (non-hydrogen) atoms. The minimum absolute atomic E-state index is 0.163. The van der Waals surface area contributed by atoms with Crippen LogP contribution in [0.25, 0.3) is 0 Å². The Morgan fingerprint density at radius 1 is 1.39 bits per heavy atom. The standard InChI is InChI=1S/C17H25N3O2S/c1-2-9-18-17(19-12-14-8-11-23(21,22)13-14)20-10-7-15-5-3-4-6-16(15)20/h3-6,14H,2,7-13H2,1H3,(H,18,19). The molecule has 1 aromatic carbocycles.